The van der Waals surface area contributed by atoms with Crippen molar-refractivity contribution in [2.45, 2.75) is 25.3 Å². The van der Waals surface area contributed by atoms with Gasteiger partial charge in [-0.15, -0.1) is 12.4 Å². The van der Waals surface area contributed by atoms with Crippen LogP contribution in [-0.4, -0.2) is 38.4 Å². The number of aliphatic carboxylic acids is 1. The molecule has 0 spiro atoms. The molecular formula is C12H16ClN5O8. The molecule has 0 aromatic heterocycles. The van der Waals surface area contributed by atoms with Crippen molar-refractivity contribution in [1.29, 1.82) is 0 Å². The molecule has 0 fully saturated rings. The molecule has 0 bridgehead atoms. The summed E-state index contributed by atoms with van der Waals surface area (Å²) in [7, 11) is 0. The Labute approximate surface area is 152 Å². The largest absolute Gasteiger partial charge is 0.480 e. The Kier molecular flexibility index (Phi) is 8.87. The molecule has 0 saturated carbocycles. The summed E-state index contributed by atoms with van der Waals surface area (Å²) < 4.78 is 0. The van der Waals surface area contributed by atoms with E-state index in [2.05, 4.69) is 5.32 Å². The molecule has 1 aromatic carbocycles. The van der Waals surface area contributed by atoms with Crippen LogP contribution in [0.25, 0.3) is 0 Å². The number of hydrogen-bond donors (Lipinski definition) is 3. The van der Waals surface area contributed by atoms with Crippen LogP contribution in [0.1, 0.15) is 19.3 Å². The summed E-state index contributed by atoms with van der Waals surface area (Å²) in [6, 6.07) is 0.230. The van der Waals surface area contributed by atoms with Crippen LogP contribution in [0.3, 0.4) is 0 Å². The van der Waals surface area contributed by atoms with E-state index in [1.807, 2.05) is 0 Å². The highest BCUT2D eigenvalue weighted by Crippen LogP contribution is 2.38. The summed E-state index contributed by atoms with van der Waals surface area (Å²) in [6.07, 6.45) is 0.878. The van der Waals surface area contributed by atoms with Crippen molar-refractivity contribution in [2.24, 2.45) is 5.73 Å². The van der Waals surface area contributed by atoms with E-state index in [9.17, 15) is 35.1 Å². The van der Waals surface area contributed by atoms with Crippen LogP contribution in [0.15, 0.2) is 12.1 Å². The minimum absolute atomic E-state index is 0. The number of hydrogen-bond acceptors (Lipinski definition) is 9. The number of carboxylic acids is 1. The third-order valence-corrected chi connectivity index (χ3v) is 3.25. The number of benzene rings is 1. The monoisotopic (exact) mass is 393 g/mol. The Morgan fingerprint density at radius 1 is 1.08 bits per heavy atom. The zero-order chi connectivity index (χ0) is 19.1. The smallest absolute Gasteiger partial charge is 0.320 e. The van der Waals surface area contributed by atoms with E-state index in [-0.39, 0.29) is 25.4 Å². The standard InChI is InChI=1S/C12H15N5O8.ClH/c13-8(12(18)19)3-1-2-4-14-11-9(16(22)23)5-7(15(20)21)6-10(11)17(24)25;/h5-6,8,14H,1-4,13H2,(H,18,19);1H/t8-;/m0./s1. The number of carboxylic acid groups (broad SMARTS) is 1. The Bertz CT molecular complexity index is 678. The van der Waals surface area contributed by atoms with Gasteiger partial charge in [0.1, 0.15) is 6.04 Å². The molecule has 14 heteroatoms. The van der Waals surface area contributed by atoms with E-state index >= 15 is 0 Å². The van der Waals surface area contributed by atoms with Crippen molar-refractivity contribution < 1.29 is 24.7 Å². The molecule has 4 N–H and O–H groups in total. The fourth-order valence-corrected chi connectivity index (χ4v) is 2.00. The SMILES string of the molecule is Cl.N[C@@H](CCCCNc1c([N+](=O)[O-])cc([N+](=O)[O-])cc1[N+](=O)[O-])C(=O)O. The lowest BCUT2D eigenvalue weighted by Gasteiger charge is -2.09. The molecule has 0 saturated heterocycles. The molecular weight excluding hydrogens is 378 g/mol. The van der Waals surface area contributed by atoms with E-state index in [1.165, 1.54) is 0 Å². The van der Waals surface area contributed by atoms with Crippen LogP contribution in [0.5, 0.6) is 0 Å². The second-order valence-electron chi connectivity index (χ2n) is 5.00. The van der Waals surface area contributed by atoms with E-state index in [4.69, 9.17) is 10.8 Å². The Morgan fingerprint density at radius 3 is 1.96 bits per heavy atom. The van der Waals surface area contributed by atoms with Crippen LogP contribution >= 0.6 is 12.4 Å². The number of nitrogens with one attached hydrogen (secondary N) is 1. The highest BCUT2D eigenvalue weighted by molar-refractivity contribution is 5.85. The molecule has 0 amide bonds. The zero-order valence-electron chi connectivity index (χ0n) is 13.2. The second-order valence-corrected chi connectivity index (χ2v) is 5.00. The number of anilines is 1. The topological polar surface area (TPSA) is 205 Å². The fraction of sp³-hybridized carbons (Fsp3) is 0.417. The minimum atomic E-state index is -1.16. The Morgan fingerprint density at radius 2 is 1.58 bits per heavy atom. The van der Waals surface area contributed by atoms with Gasteiger partial charge in [0.2, 0.25) is 0 Å². The van der Waals surface area contributed by atoms with Crippen LogP contribution in [0.2, 0.25) is 0 Å². The summed E-state index contributed by atoms with van der Waals surface area (Å²) in [6.45, 7) is 0.0613. The van der Waals surface area contributed by atoms with Crippen molar-refractivity contribution in [3.8, 4) is 0 Å². The van der Waals surface area contributed by atoms with Gasteiger partial charge in [-0.05, 0) is 19.3 Å². The average molecular weight is 394 g/mol. The number of rotatable bonds is 10. The fourth-order valence-electron chi connectivity index (χ4n) is 2.00. The van der Waals surface area contributed by atoms with E-state index in [1.54, 1.807) is 0 Å². The van der Waals surface area contributed by atoms with Gasteiger partial charge < -0.3 is 16.2 Å². The molecule has 1 atom stereocenters. The lowest BCUT2D eigenvalue weighted by atomic mass is 10.1. The predicted octanol–water partition coefficient (Wildman–Crippen LogP) is 1.83. The van der Waals surface area contributed by atoms with Crippen molar-refractivity contribution >= 4 is 41.1 Å². The molecule has 13 nitrogen and oxygen atoms in total. The molecule has 0 aliphatic heterocycles. The molecule has 0 aliphatic rings. The van der Waals surface area contributed by atoms with Gasteiger partial charge in [0.15, 0.2) is 5.69 Å². The molecule has 26 heavy (non-hydrogen) atoms. The van der Waals surface area contributed by atoms with Crippen molar-refractivity contribution in [3.05, 3.63) is 42.5 Å². The van der Waals surface area contributed by atoms with Gasteiger partial charge in [0.25, 0.3) is 5.69 Å². The highest BCUT2D eigenvalue weighted by atomic mass is 35.5. The van der Waals surface area contributed by atoms with Crippen LogP contribution < -0.4 is 11.1 Å². The van der Waals surface area contributed by atoms with Gasteiger partial charge in [0, 0.05) is 6.54 Å². The van der Waals surface area contributed by atoms with Crippen molar-refractivity contribution in [2.75, 3.05) is 11.9 Å². The number of unbranched alkanes of at least 4 members (excludes halogenated alkanes) is 1. The van der Waals surface area contributed by atoms with E-state index in [0.29, 0.717) is 25.0 Å². The molecule has 144 valence electrons. The third-order valence-electron chi connectivity index (χ3n) is 3.25. The quantitative estimate of drug-likeness (QED) is 0.298. The van der Waals surface area contributed by atoms with Crippen LogP contribution in [0, 0.1) is 30.3 Å². The van der Waals surface area contributed by atoms with Crippen molar-refractivity contribution in [1.82, 2.24) is 0 Å². The van der Waals surface area contributed by atoms with Gasteiger partial charge in [-0.3, -0.25) is 35.1 Å². The summed E-state index contributed by atoms with van der Waals surface area (Å²) in [5.41, 5.74) is 2.53. The maximum atomic E-state index is 11.1. The van der Waals surface area contributed by atoms with Gasteiger partial charge in [-0.2, -0.15) is 0 Å². The first-order valence-electron chi connectivity index (χ1n) is 6.98. The van der Waals surface area contributed by atoms with Crippen molar-refractivity contribution in [3.63, 3.8) is 0 Å². The number of nitro groups is 3. The first-order chi connectivity index (χ1) is 11.6. The zero-order valence-corrected chi connectivity index (χ0v) is 14.0. The second kappa shape index (κ2) is 10.0. The minimum Gasteiger partial charge on any atom is -0.480 e. The number of carbonyl (C=O) groups is 1. The van der Waals surface area contributed by atoms with Gasteiger partial charge in [-0.25, -0.2) is 0 Å². The van der Waals surface area contributed by atoms with E-state index in [0.717, 1.165) is 0 Å². The number of nitrogens with zero attached hydrogens (tertiary/aromatic N) is 3. The van der Waals surface area contributed by atoms with Crippen LogP contribution in [0.4, 0.5) is 22.7 Å². The average Bonchev–Trinajstić information content (AvgIpc) is 2.53. The summed E-state index contributed by atoms with van der Waals surface area (Å²) in [5.74, 6) is -1.16. The maximum absolute atomic E-state index is 11.1. The van der Waals surface area contributed by atoms with Gasteiger partial charge in [-0.1, -0.05) is 0 Å². The Balaban J connectivity index is 0.00000625. The molecule has 0 aliphatic carbocycles. The third kappa shape index (κ3) is 6.10. The first kappa shape index (κ1) is 22.9. The summed E-state index contributed by atoms with van der Waals surface area (Å²) >= 11 is 0. The Hall–Kier alpha value is -3.06. The van der Waals surface area contributed by atoms with Gasteiger partial charge in [0.05, 0.1) is 26.9 Å². The molecule has 0 heterocycles. The highest BCUT2D eigenvalue weighted by Gasteiger charge is 2.30. The lowest BCUT2D eigenvalue weighted by Crippen LogP contribution is -2.29. The summed E-state index contributed by atoms with van der Waals surface area (Å²) in [4.78, 5) is 40.6. The number of non-ortho nitro benzene ring substituents is 1. The van der Waals surface area contributed by atoms with Gasteiger partial charge >= 0.3 is 17.3 Å². The molecule has 0 radical (unpaired) electrons. The van der Waals surface area contributed by atoms with E-state index < -0.39 is 49.5 Å². The first-order valence-corrected chi connectivity index (χ1v) is 6.98. The van der Waals surface area contributed by atoms with Crippen LogP contribution in [-0.2, 0) is 4.79 Å². The lowest BCUT2D eigenvalue weighted by molar-refractivity contribution is -0.401. The summed E-state index contributed by atoms with van der Waals surface area (Å²) in [5, 5.41) is 44.0. The number of nitro benzene ring substituents is 3. The normalized spacial score (nSPS) is 11.1. The maximum Gasteiger partial charge on any atom is 0.320 e. The molecule has 0 unspecified atom stereocenters. The predicted molar refractivity (Wildman–Crippen MR) is 91.6 cm³/mol. The molecule has 1 rings (SSSR count). The molecule has 1 aromatic rings. The number of nitrogens with two attached hydrogens (primary N) is 1. The number of halogens is 1.